The second-order valence-electron chi connectivity index (χ2n) is 8.93. The van der Waals surface area contributed by atoms with Gasteiger partial charge in [0.15, 0.2) is 0 Å². The van der Waals surface area contributed by atoms with E-state index in [0.717, 1.165) is 29.3 Å². The third-order valence-corrected chi connectivity index (χ3v) is 7.04. The maximum absolute atomic E-state index is 13.6. The molecule has 9 heteroatoms. The van der Waals surface area contributed by atoms with Gasteiger partial charge in [0.1, 0.15) is 10.8 Å². The minimum absolute atomic E-state index is 0.0374. The molecule has 4 aromatic rings. The van der Waals surface area contributed by atoms with Crippen LogP contribution in [0.2, 0.25) is 5.02 Å². The van der Waals surface area contributed by atoms with Gasteiger partial charge in [-0.1, -0.05) is 23.7 Å². The Bertz CT molecular complexity index is 1470. The monoisotopic (exact) mass is 493 g/mol. The Morgan fingerprint density at radius 3 is 2.54 bits per heavy atom. The van der Waals surface area contributed by atoms with Crippen molar-refractivity contribution < 1.29 is 9.18 Å². The second-order valence-corrected chi connectivity index (χ2v) is 9.31. The van der Waals surface area contributed by atoms with Gasteiger partial charge in [-0.2, -0.15) is 5.10 Å². The molecule has 1 N–H and O–H groups in total. The number of carbonyl (C=O) groups excluding carboxylic acids is 1. The Morgan fingerprint density at radius 1 is 1.11 bits per heavy atom. The summed E-state index contributed by atoms with van der Waals surface area (Å²) in [7, 11) is 3.43. The Labute approximate surface area is 206 Å². The number of nitrogens with one attached hydrogen (secondary N) is 1. The maximum atomic E-state index is 13.6. The molecule has 35 heavy (non-hydrogen) atoms. The SMILES string of the molecule is Cn1cc(C(=O)N2CCC(c3ccc(F)cc3)CC2)c(Nc2ccc3cnn(C)c3c2)c(Cl)c1=O. The zero-order chi connectivity index (χ0) is 24.7. The molecule has 7 nitrogen and oxygen atoms in total. The number of hydrogen-bond donors (Lipinski definition) is 1. The standard InChI is InChI=1S/C26H25ClFN5O2/c1-31-15-21(25(34)33-11-9-17(10-12-33)16-3-6-19(28)7-4-16)24(23(27)26(31)35)30-20-8-5-18-14-29-32(2)22(18)13-20/h3-8,13-15,17,30H,9-12H2,1-2H3. The Balaban J connectivity index is 1.42. The first-order valence-corrected chi connectivity index (χ1v) is 11.8. The molecule has 0 aliphatic carbocycles. The number of hydrogen-bond acceptors (Lipinski definition) is 4. The molecule has 1 saturated heterocycles. The highest BCUT2D eigenvalue weighted by Gasteiger charge is 2.28. The lowest BCUT2D eigenvalue weighted by molar-refractivity contribution is 0.0713. The largest absolute Gasteiger partial charge is 0.353 e. The fourth-order valence-corrected chi connectivity index (χ4v) is 4.95. The Hall–Kier alpha value is -3.65. The van der Waals surface area contributed by atoms with E-state index < -0.39 is 0 Å². The van der Waals surface area contributed by atoms with Gasteiger partial charge in [0.2, 0.25) is 0 Å². The van der Waals surface area contributed by atoms with Gasteiger partial charge < -0.3 is 14.8 Å². The predicted molar refractivity (Wildman–Crippen MR) is 135 cm³/mol. The number of amides is 1. The average molecular weight is 494 g/mol. The third kappa shape index (κ3) is 4.41. The van der Waals surface area contributed by atoms with Gasteiger partial charge in [0, 0.05) is 44.5 Å². The first kappa shape index (κ1) is 23.1. The van der Waals surface area contributed by atoms with Crippen molar-refractivity contribution in [3.05, 3.63) is 87.2 Å². The molecule has 1 fully saturated rings. The lowest BCUT2D eigenvalue weighted by atomic mass is 9.89. The number of likely N-dealkylation sites (tertiary alicyclic amines) is 1. The van der Waals surface area contributed by atoms with E-state index >= 15 is 0 Å². The van der Waals surface area contributed by atoms with Crippen LogP contribution in [0.25, 0.3) is 10.9 Å². The fraction of sp³-hybridized carbons (Fsp3) is 0.269. The molecular weight excluding hydrogens is 469 g/mol. The number of aryl methyl sites for hydroxylation is 2. The van der Waals surface area contributed by atoms with Crippen LogP contribution in [-0.4, -0.2) is 38.2 Å². The summed E-state index contributed by atoms with van der Waals surface area (Å²) in [4.78, 5) is 28.0. The summed E-state index contributed by atoms with van der Waals surface area (Å²) in [6, 6.07) is 12.2. The maximum Gasteiger partial charge on any atom is 0.271 e. The van der Waals surface area contributed by atoms with Crippen molar-refractivity contribution in [1.29, 1.82) is 0 Å². The molecule has 0 saturated carbocycles. The minimum Gasteiger partial charge on any atom is -0.353 e. The molecule has 0 atom stereocenters. The summed E-state index contributed by atoms with van der Waals surface area (Å²) in [5.41, 5.74) is 2.93. The van der Waals surface area contributed by atoms with E-state index in [1.165, 1.54) is 22.9 Å². The van der Waals surface area contributed by atoms with E-state index in [9.17, 15) is 14.0 Å². The predicted octanol–water partition coefficient (Wildman–Crippen LogP) is 4.83. The number of benzene rings is 2. The van der Waals surface area contributed by atoms with E-state index in [2.05, 4.69) is 10.4 Å². The number of aromatic nitrogens is 3. The topological polar surface area (TPSA) is 72.2 Å². The first-order chi connectivity index (χ1) is 16.8. The zero-order valence-electron chi connectivity index (χ0n) is 19.5. The van der Waals surface area contributed by atoms with Crippen molar-refractivity contribution in [2.24, 2.45) is 14.1 Å². The van der Waals surface area contributed by atoms with Gasteiger partial charge in [-0.15, -0.1) is 0 Å². The van der Waals surface area contributed by atoms with Crippen molar-refractivity contribution in [3.8, 4) is 0 Å². The lowest BCUT2D eigenvalue weighted by Crippen LogP contribution is -2.39. The van der Waals surface area contributed by atoms with Crippen molar-refractivity contribution in [3.63, 3.8) is 0 Å². The number of halogens is 2. The van der Waals surface area contributed by atoms with Crippen LogP contribution in [0.5, 0.6) is 0 Å². The van der Waals surface area contributed by atoms with E-state index in [-0.39, 0.29) is 28.2 Å². The number of nitrogens with zero attached hydrogens (tertiary/aromatic N) is 4. The number of piperidine rings is 1. The second kappa shape index (κ2) is 9.19. The van der Waals surface area contributed by atoms with Crippen LogP contribution in [0.4, 0.5) is 15.8 Å². The van der Waals surface area contributed by atoms with Crippen LogP contribution >= 0.6 is 11.6 Å². The van der Waals surface area contributed by atoms with E-state index in [1.807, 2.05) is 37.4 Å². The summed E-state index contributed by atoms with van der Waals surface area (Å²) in [6.07, 6.45) is 4.86. The first-order valence-electron chi connectivity index (χ1n) is 11.4. The van der Waals surface area contributed by atoms with Crippen LogP contribution < -0.4 is 10.9 Å². The van der Waals surface area contributed by atoms with Gasteiger partial charge in [-0.3, -0.25) is 14.3 Å². The molecule has 0 bridgehead atoms. The molecule has 5 rings (SSSR count). The van der Waals surface area contributed by atoms with Gasteiger partial charge in [0.05, 0.1) is 23.0 Å². The highest BCUT2D eigenvalue weighted by atomic mass is 35.5. The Kier molecular flexibility index (Phi) is 6.06. The highest BCUT2D eigenvalue weighted by Crippen LogP contribution is 2.32. The highest BCUT2D eigenvalue weighted by molar-refractivity contribution is 6.34. The molecule has 0 spiro atoms. The van der Waals surface area contributed by atoms with Gasteiger partial charge in [0.25, 0.3) is 11.5 Å². The molecular formula is C26H25ClFN5O2. The van der Waals surface area contributed by atoms with Gasteiger partial charge >= 0.3 is 0 Å². The number of fused-ring (bicyclic) bond motifs is 1. The number of pyridine rings is 1. The molecule has 3 heterocycles. The molecule has 2 aromatic carbocycles. The summed E-state index contributed by atoms with van der Waals surface area (Å²) in [5, 5.41) is 8.41. The Morgan fingerprint density at radius 2 is 1.83 bits per heavy atom. The molecule has 1 amide bonds. The van der Waals surface area contributed by atoms with Crippen molar-refractivity contribution in [2.45, 2.75) is 18.8 Å². The summed E-state index contributed by atoms with van der Waals surface area (Å²) in [5.74, 6) is -0.175. The lowest BCUT2D eigenvalue weighted by Gasteiger charge is -2.33. The molecule has 180 valence electrons. The summed E-state index contributed by atoms with van der Waals surface area (Å²) in [6.45, 7) is 1.11. The summed E-state index contributed by atoms with van der Waals surface area (Å²) < 4.78 is 16.4. The molecule has 1 aliphatic heterocycles. The normalized spacial score (nSPS) is 14.5. The molecule has 2 aromatic heterocycles. The zero-order valence-corrected chi connectivity index (χ0v) is 20.2. The third-order valence-electron chi connectivity index (χ3n) is 6.69. The molecule has 0 radical (unpaired) electrons. The van der Waals surface area contributed by atoms with Crippen LogP contribution in [0, 0.1) is 5.82 Å². The van der Waals surface area contributed by atoms with Gasteiger partial charge in [-0.25, -0.2) is 4.39 Å². The average Bonchev–Trinajstić information content (AvgIpc) is 3.24. The van der Waals surface area contributed by atoms with E-state index in [0.29, 0.717) is 30.0 Å². The smallest absolute Gasteiger partial charge is 0.271 e. The molecule has 1 aliphatic rings. The van der Waals surface area contributed by atoms with E-state index in [4.69, 9.17) is 11.6 Å². The quantitative estimate of drug-likeness (QED) is 0.442. The fourth-order valence-electron chi connectivity index (χ4n) is 4.67. The van der Waals surface area contributed by atoms with Crippen LogP contribution in [-0.2, 0) is 14.1 Å². The number of carbonyl (C=O) groups is 1. The van der Waals surface area contributed by atoms with Crippen molar-refractivity contribution in [2.75, 3.05) is 18.4 Å². The van der Waals surface area contributed by atoms with Gasteiger partial charge in [-0.05, 0) is 54.7 Å². The van der Waals surface area contributed by atoms with Crippen molar-refractivity contribution >= 4 is 39.8 Å². The minimum atomic E-state index is -0.387. The van der Waals surface area contributed by atoms with Crippen molar-refractivity contribution in [1.82, 2.24) is 19.2 Å². The summed E-state index contributed by atoms with van der Waals surface area (Å²) >= 11 is 6.47. The number of anilines is 2. The van der Waals surface area contributed by atoms with Crippen LogP contribution in [0.15, 0.2) is 59.7 Å². The molecule has 0 unspecified atom stereocenters. The van der Waals surface area contributed by atoms with Crippen LogP contribution in [0.1, 0.15) is 34.7 Å². The van der Waals surface area contributed by atoms with Crippen LogP contribution in [0.3, 0.4) is 0 Å². The number of rotatable bonds is 4. The van der Waals surface area contributed by atoms with E-state index in [1.54, 1.807) is 22.8 Å².